The van der Waals surface area contributed by atoms with Crippen molar-refractivity contribution in [3.8, 4) is 11.5 Å². The number of carbonyl (C=O) groups is 1. The van der Waals surface area contributed by atoms with E-state index in [-0.39, 0.29) is 12.0 Å². The largest absolute Gasteiger partial charge is 0.493 e. The zero-order valence-corrected chi connectivity index (χ0v) is 12.0. The summed E-state index contributed by atoms with van der Waals surface area (Å²) in [4.78, 5) is 11.8. The average molecular weight is 279 g/mol. The Bertz CT molecular complexity index is 455. The average Bonchev–Trinajstić information content (AvgIpc) is 3.01. The lowest BCUT2D eigenvalue weighted by Crippen LogP contribution is -2.35. The van der Waals surface area contributed by atoms with Gasteiger partial charge in [0.2, 0.25) is 5.91 Å². The van der Waals surface area contributed by atoms with Crippen molar-refractivity contribution in [2.24, 2.45) is 0 Å². The van der Waals surface area contributed by atoms with Crippen LogP contribution < -0.4 is 14.8 Å². The molecule has 0 unspecified atom stereocenters. The van der Waals surface area contributed by atoms with E-state index in [9.17, 15) is 4.79 Å². The van der Waals surface area contributed by atoms with Crippen molar-refractivity contribution in [2.75, 3.05) is 27.4 Å². The van der Waals surface area contributed by atoms with E-state index < -0.39 is 0 Å². The molecule has 0 spiro atoms. The number of methoxy groups -OCH3 is 2. The monoisotopic (exact) mass is 279 g/mol. The van der Waals surface area contributed by atoms with Gasteiger partial charge in [-0.25, -0.2) is 0 Å². The van der Waals surface area contributed by atoms with Crippen LogP contribution in [0.2, 0.25) is 0 Å². The van der Waals surface area contributed by atoms with E-state index in [0.717, 1.165) is 24.8 Å². The zero-order valence-electron chi connectivity index (χ0n) is 12.0. The van der Waals surface area contributed by atoms with Gasteiger partial charge in [0, 0.05) is 13.2 Å². The lowest BCUT2D eigenvalue weighted by atomic mass is 10.1. The molecule has 20 heavy (non-hydrogen) atoms. The SMILES string of the molecule is COc1ccc(CCNC(=O)[C@@H]2CCCO2)cc1OC. The Morgan fingerprint density at radius 2 is 2.15 bits per heavy atom. The third kappa shape index (κ3) is 3.63. The van der Waals surface area contributed by atoms with Crippen LogP contribution in [0, 0.1) is 0 Å². The number of rotatable bonds is 6. The minimum atomic E-state index is -0.264. The van der Waals surface area contributed by atoms with Crippen LogP contribution in [0.3, 0.4) is 0 Å². The van der Waals surface area contributed by atoms with Gasteiger partial charge in [-0.15, -0.1) is 0 Å². The van der Waals surface area contributed by atoms with Crippen molar-refractivity contribution >= 4 is 5.91 Å². The first kappa shape index (κ1) is 14.7. The lowest BCUT2D eigenvalue weighted by Gasteiger charge is -2.12. The molecule has 1 heterocycles. The van der Waals surface area contributed by atoms with Crippen LogP contribution in [-0.2, 0) is 16.0 Å². The molecule has 1 aromatic rings. The molecule has 1 fully saturated rings. The number of hydrogen-bond acceptors (Lipinski definition) is 4. The molecule has 1 aliphatic heterocycles. The predicted octanol–water partition coefficient (Wildman–Crippen LogP) is 1.54. The minimum Gasteiger partial charge on any atom is -0.493 e. The van der Waals surface area contributed by atoms with E-state index in [1.165, 1.54) is 0 Å². The van der Waals surface area contributed by atoms with Gasteiger partial charge in [0.1, 0.15) is 6.10 Å². The maximum Gasteiger partial charge on any atom is 0.249 e. The molecule has 0 aromatic heterocycles. The molecule has 0 aliphatic carbocycles. The molecular formula is C15H21NO4. The van der Waals surface area contributed by atoms with Crippen LogP contribution in [0.1, 0.15) is 18.4 Å². The first-order valence-electron chi connectivity index (χ1n) is 6.85. The highest BCUT2D eigenvalue weighted by Crippen LogP contribution is 2.27. The van der Waals surface area contributed by atoms with Gasteiger partial charge in [0.05, 0.1) is 14.2 Å². The molecule has 1 aliphatic rings. The smallest absolute Gasteiger partial charge is 0.249 e. The van der Waals surface area contributed by atoms with Gasteiger partial charge in [-0.2, -0.15) is 0 Å². The third-order valence-corrected chi connectivity index (χ3v) is 3.38. The Morgan fingerprint density at radius 1 is 1.35 bits per heavy atom. The summed E-state index contributed by atoms with van der Waals surface area (Å²) in [5.74, 6) is 1.40. The Labute approximate surface area is 119 Å². The topological polar surface area (TPSA) is 56.8 Å². The maximum atomic E-state index is 11.8. The van der Waals surface area contributed by atoms with Crippen molar-refractivity contribution in [3.05, 3.63) is 23.8 Å². The summed E-state index contributed by atoms with van der Waals surface area (Å²) >= 11 is 0. The first-order chi connectivity index (χ1) is 9.74. The van der Waals surface area contributed by atoms with E-state index >= 15 is 0 Å². The number of nitrogens with one attached hydrogen (secondary N) is 1. The van der Waals surface area contributed by atoms with Crippen LogP contribution in [0.4, 0.5) is 0 Å². The van der Waals surface area contributed by atoms with E-state index in [1.807, 2.05) is 18.2 Å². The maximum absolute atomic E-state index is 11.8. The number of amides is 1. The van der Waals surface area contributed by atoms with Crippen LogP contribution in [0.5, 0.6) is 11.5 Å². The molecular weight excluding hydrogens is 258 g/mol. The molecule has 5 nitrogen and oxygen atoms in total. The number of ether oxygens (including phenoxy) is 3. The highest BCUT2D eigenvalue weighted by atomic mass is 16.5. The van der Waals surface area contributed by atoms with Crippen molar-refractivity contribution in [3.63, 3.8) is 0 Å². The van der Waals surface area contributed by atoms with E-state index in [1.54, 1.807) is 14.2 Å². The second-order valence-corrected chi connectivity index (χ2v) is 4.73. The van der Waals surface area contributed by atoms with Crippen molar-refractivity contribution in [1.82, 2.24) is 5.32 Å². The zero-order chi connectivity index (χ0) is 14.4. The number of carbonyl (C=O) groups excluding carboxylic acids is 1. The fourth-order valence-corrected chi connectivity index (χ4v) is 2.26. The fraction of sp³-hybridized carbons (Fsp3) is 0.533. The summed E-state index contributed by atoms with van der Waals surface area (Å²) in [6, 6.07) is 5.77. The van der Waals surface area contributed by atoms with Gasteiger partial charge in [-0.05, 0) is 37.0 Å². The normalized spacial score (nSPS) is 17.8. The van der Waals surface area contributed by atoms with Crippen molar-refractivity contribution < 1.29 is 19.0 Å². The molecule has 0 bridgehead atoms. The molecule has 1 N–H and O–H groups in total. The van der Waals surface area contributed by atoms with Crippen molar-refractivity contribution in [1.29, 1.82) is 0 Å². The standard InChI is InChI=1S/C15H21NO4/c1-18-12-6-5-11(10-14(12)19-2)7-8-16-15(17)13-4-3-9-20-13/h5-6,10,13H,3-4,7-9H2,1-2H3,(H,16,17)/t13-/m0/s1. The third-order valence-electron chi connectivity index (χ3n) is 3.38. The molecule has 5 heteroatoms. The molecule has 1 saturated heterocycles. The van der Waals surface area contributed by atoms with Gasteiger partial charge >= 0.3 is 0 Å². The van der Waals surface area contributed by atoms with Crippen LogP contribution >= 0.6 is 0 Å². The van der Waals surface area contributed by atoms with Gasteiger partial charge in [0.15, 0.2) is 11.5 Å². The van der Waals surface area contributed by atoms with Crippen molar-refractivity contribution in [2.45, 2.75) is 25.4 Å². The predicted molar refractivity (Wildman–Crippen MR) is 75.2 cm³/mol. The van der Waals surface area contributed by atoms with E-state index in [4.69, 9.17) is 14.2 Å². The number of benzene rings is 1. The summed E-state index contributed by atoms with van der Waals surface area (Å²) in [6.45, 7) is 1.28. The fourth-order valence-electron chi connectivity index (χ4n) is 2.26. The Balaban J connectivity index is 1.83. The summed E-state index contributed by atoms with van der Waals surface area (Å²) in [7, 11) is 3.22. The van der Waals surface area contributed by atoms with Gasteiger partial charge < -0.3 is 19.5 Å². The highest BCUT2D eigenvalue weighted by molar-refractivity contribution is 5.80. The van der Waals surface area contributed by atoms with Crippen LogP contribution in [0.25, 0.3) is 0 Å². The molecule has 1 amide bonds. The minimum absolute atomic E-state index is 0.0111. The Kier molecular flexibility index (Phi) is 5.24. The molecule has 1 aromatic carbocycles. The van der Waals surface area contributed by atoms with Gasteiger partial charge in [-0.1, -0.05) is 6.07 Å². The Morgan fingerprint density at radius 3 is 2.80 bits per heavy atom. The quantitative estimate of drug-likeness (QED) is 0.858. The number of hydrogen-bond donors (Lipinski definition) is 1. The molecule has 0 saturated carbocycles. The summed E-state index contributed by atoms with van der Waals surface area (Å²) in [5, 5.41) is 2.90. The second kappa shape index (κ2) is 7.14. The lowest BCUT2D eigenvalue weighted by molar-refractivity contribution is -0.129. The molecule has 0 radical (unpaired) electrons. The summed E-state index contributed by atoms with van der Waals surface area (Å²) < 4.78 is 15.8. The molecule has 1 atom stereocenters. The van der Waals surface area contributed by atoms with Crippen LogP contribution in [-0.4, -0.2) is 39.4 Å². The van der Waals surface area contributed by atoms with E-state index in [0.29, 0.717) is 24.7 Å². The van der Waals surface area contributed by atoms with Crippen LogP contribution in [0.15, 0.2) is 18.2 Å². The first-order valence-corrected chi connectivity index (χ1v) is 6.85. The Hall–Kier alpha value is -1.75. The second-order valence-electron chi connectivity index (χ2n) is 4.73. The molecule has 110 valence electrons. The van der Waals surface area contributed by atoms with Gasteiger partial charge in [0.25, 0.3) is 0 Å². The molecule has 2 rings (SSSR count). The van der Waals surface area contributed by atoms with Gasteiger partial charge in [-0.3, -0.25) is 4.79 Å². The highest BCUT2D eigenvalue weighted by Gasteiger charge is 2.22. The summed E-state index contributed by atoms with van der Waals surface area (Å²) in [5.41, 5.74) is 1.09. The summed E-state index contributed by atoms with van der Waals surface area (Å²) in [6.07, 6.45) is 2.27. The van der Waals surface area contributed by atoms with E-state index in [2.05, 4.69) is 5.32 Å².